The number of benzene rings is 1. The van der Waals surface area contributed by atoms with Crippen molar-refractivity contribution < 1.29 is 8.42 Å². The van der Waals surface area contributed by atoms with Crippen LogP contribution in [0.25, 0.3) is 11.0 Å². The summed E-state index contributed by atoms with van der Waals surface area (Å²) in [5, 5.41) is 0. The average Bonchev–Trinajstić information content (AvgIpc) is 2.66. The van der Waals surface area contributed by atoms with Crippen LogP contribution in [0.1, 0.15) is 25.1 Å². The lowest BCUT2D eigenvalue weighted by atomic mass is 9.68. The van der Waals surface area contributed by atoms with Gasteiger partial charge in [-0.1, -0.05) is 12.5 Å². The summed E-state index contributed by atoms with van der Waals surface area (Å²) < 4.78 is 25.8. The van der Waals surface area contributed by atoms with Crippen LogP contribution in [0.4, 0.5) is 0 Å². The highest BCUT2D eigenvalue weighted by atomic mass is 32.2. The van der Waals surface area contributed by atoms with Crippen molar-refractivity contribution in [2.45, 2.75) is 29.6 Å². The summed E-state index contributed by atoms with van der Waals surface area (Å²) in [7, 11) is -1.34. The van der Waals surface area contributed by atoms with Crippen molar-refractivity contribution in [2.24, 2.45) is 12.8 Å². The van der Waals surface area contributed by atoms with E-state index in [1.54, 1.807) is 12.1 Å². The fraction of sp³-hybridized carbons (Fsp3) is 0.500. The first-order valence-electron chi connectivity index (χ1n) is 6.75. The van der Waals surface area contributed by atoms with Crippen molar-refractivity contribution in [2.75, 3.05) is 12.8 Å². The molecule has 0 amide bonds. The van der Waals surface area contributed by atoms with Gasteiger partial charge < -0.3 is 10.3 Å². The summed E-state index contributed by atoms with van der Waals surface area (Å²) in [6.45, 7) is 0.554. The zero-order valence-corrected chi connectivity index (χ0v) is 12.6. The molecule has 2 N–H and O–H groups in total. The highest BCUT2D eigenvalue weighted by Gasteiger charge is 2.41. The van der Waals surface area contributed by atoms with Crippen LogP contribution in [-0.2, 0) is 22.3 Å². The van der Waals surface area contributed by atoms with Crippen LogP contribution in [-0.4, -0.2) is 30.8 Å². The van der Waals surface area contributed by atoms with Gasteiger partial charge in [-0.3, -0.25) is 0 Å². The van der Waals surface area contributed by atoms with E-state index in [2.05, 4.69) is 4.98 Å². The molecule has 108 valence electrons. The fourth-order valence-electron chi connectivity index (χ4n) is 3.08. The van der Waals surface area contributed by atoms with Crippen molar-refractivity contribution in [3.8, 4) is 0 Å². The second-order valence-electron chi connectivity index (χ2n) is 5.73. The van der Waals surface area contributed by atoms with E-state index >= 15 is 0 Å². The number of hydrogen-bond donors (Lipinski definition) is 1. The van der Waals surface area contributed by atoms with Gasteiger partial charge in [-0.2, -0.15) is 0 Å². The number of sulfone groups is 1. The first-order chi connectivity index (χ1) is 9.39. The standard InChI is InChI=1S/C14H19N3O2S/c1-17-10-5-3-6-11(20(2,18)19)12(10)16-13(17)14(9-15)7-4-8-14/h3,5-6H,4,7-9,15H2,1-2H3. The number of nitrogens with zero attached hydrogens (tertiary/aromatic N) is 2. The molecule has 0 bridgehead atoms. The number of aryl methyl sites for hydroxylation is 1. The van der Waals surface area contributed by atoms with Crippen LogP contribution in [0.15, 0.2) is 23.1 Å². The summed E-state index contributed by atoms with van der Waals surface area (Å²) in [6, 6.07) is 5.29. The Bertz CT molecular complexity index is 768. The van der Waals surface area contributed by atoms with Crippen LogP contribution in [0, 0.1) is 0 Å². The lowest BCUT2D eigenvalue weighted by Gasteiger charge is -2.40. The van der Waals surface area contributed by atoms with E-state index in [1.165, 1.54) is 6.26 Å². The summed E-state index contributed by atoms with van der Waals surface area (Å²) in [6.07, 6.45) is 4.42. The highest BCUT2D eigenvalue weighted by Crippen LogP contribution is 2.43. The number of hydrogen-bond acceptors (Lipinski definition) is 4. The van der Waals surface area contributed by atoms with Crippen LogP contribution in [0.2, 0.25) is 0 Å². The number of nitrogens with two attached hydrogens (primary N) is 1. The van der Waals surface area contributed by atoms with Crippen molar-refractivity contribution in [3.05, 3.63) is 24.0 Å². The van der Waals surface area contributed by atoms with Gasteiger partial charge >= 0.3 is 0 Å². The van der Waals surface area contributed by atoms with Crippen LogP contribution >= 0.6 is 0 Å². The first-order valence-corrected chi connectivity index (χ1v) is 8.64. The van der Waals surface area contributed by atoms with E-state index in [4.69, 9.17) is 5.73 Å². The van der Waals surface area contributed by atoms with E-state index < -0.39 is 9.84 Å². The molecule has 0 atom stereocenters. The Morgan fingerprint density at radius 2 is 2.10 bits per heavy atom. The number of imidazole rings is 1. The number of fused-ring (bicyclic) bond motifs is 1. The molecule has 1 aromatic heterocycles. The van der Waals surface area contributed by atoms with Crippen molar-refractivity contribution >= 4 is 20.9 Å². The number of para-hydroxylation sites is 1. The normalized spacial score (nSPS) is 18.1. The molecule has 20 heavy (non-hydrogen) atoms. The van der Waals surface area contributed by atoms with Gasteiger partial charge in [-0.05, 0) is 25.0 Å². The molecule has 1 aliphatic rings. The third kappa shape index (κ3) is 1.78. The maximum absolute atomic E-state index is 11.9. The Hall–Kier alpha value is -1.40. The zero-order valence-electron chi connectivity index (χ0n) is 11.8. The molecule has 5 nitrogen and oxygen atoms in total. The number of rotatable bonds is 3. The van der Waals surface area contributed by atoms with Gasteiger partial charge in [0.2, 0.25) is 0 Å². The summed E-state index contributed by atoms with van der Waals surface area (Å²) in [5.74, 6) is 0.914. The summed E-state index contributed by atoms with van der Waals surface area (Å²) in [5.41, 5.74) is 7.27. The van der Waals surface area contributed by atoms with E-state index in [1.807, 2.05) is 17.7 Å². The quantitative estimate of drug-likeness (QED) is 0.926. The maximum Gasteiger partial charge on any atom is 0.177 e. The van der Waals surface area contributed by atoms with E-state index in [-0.39, 0.29) is 5.41 Å². The zero-order chi connectivity index (χ0) is 14.5. The summed E-state index contributed by atoms with van der Waals surface area (Å²) >= 11 is 0. The summed E-state index contributed by atoms with van der Waals surface area (Å²) in [4.78, 5) is 4.94. The number of aromatic nitrogens is 2. The Balaban J connectivity index is 2.30. The molecule has 0 radical (unpaired) electrons. The second-order valence-corrected chi connectivity index (χ2v) is 7.71. The molecule has 6 heteroatoms. The average molecular weight is 293 g/mol. The van der Waals surface area contributed by atoms with Gasteiger partial charge in [0.25, 0.3) is 0 Å². The van der Waals surface area contributed by atoms with Gasteiger partial charge in [0.15, 0.2) is 9.84 Å². The smallest absolute Gasteiger partial charge is 0.177 e. The minimum Gasteiger partial charge on any atom is -0.331 e. The minimum atomic E-state index is -3.28. The minimum absolute atomic E-state index is 0.0808. The molecule has 0 spiro atoms. The molecule has 3 rings (SSSR count). The molecule has 1 saturated carbocycles. The van der Waals surface area contributed by atoms with Crippen LogP contribution < -0.4 is 5.73 Å². The molecule has 2 aromatic rings. The van der Waals surface area contributed by atoms with E-state index in [9.17, 15) is 8.42 Å². The molecular formula is C14H19N3O2S. The maximum atomic E-state index is 11.9. The largest absolute Gasteiger partial charge is 0.331 e. The Kier molecular flexibility index (Phi) is 2.92. The van der Waals surface area contributed by atoms with Gasteiger partial charge in [0, 0.05) is 25.3 Å². The third-order valence-electron chi connectivity index (χ3n) is 4.45. The molecule has 1 fully saturated rings. The predicted octanol–water partition coefficient (Wildman–Crippen LogP) is 1.36. The highest BCUT2D eigenvalue weighted by molar-refractivity contribution is 7.91. The van der Waals surface area contributed by atoms with Crippen molar-refractivity contribution in [1.29, 1.82) is 0 Å². The molecule has 1 aliphatic carbocycles. The Labute approximate surface area is 118 Å². The SMILES string of the molecule is Cn1c(C2(CN)CCC2)nc2c(S(C)(=O)=O)cccc21. The molecule has 1 aromatic carbocycles. The molecule has 0 saturated heterocycles. The van der Waals surface area contributed by atoms with Gasteiger partial charge in [0.05, 0.1) is 10.4 Å². The first kappa shape index (κ1) is 13.6. The van der Waals surface area contributed by atoms with Crippen LogP contribution in [0.5, 0.6) is 0 Å². The third-order valence-corrected chi connectivity index (χ3v) is 5.58. The molecular weight excluding hydrogens is 274 g/mol. The molecule has 0 aliphatic heterocycles. The van der Waals surface area contributed by atoms with E-state index in [0.717, 1.165) is 30.6 Å². The lowest BCUT2D eigenvalue weighted by molar-refractivity contribution is 0.233. The monoisotopic (exact) mass is 293 g/mol. The van der Waals surface area contributed by atoms with Crippen LogP contribution in [0.3, 0.4) is 0 Å². The van der Waals surface area contributed by atoms with Crippen molar-refractivity contribution in [1.82, 2.24) is 9.55 Å². The van der Waals surface area contributed by atoms with Gasteiger partial charge in [-0.25, -0.2) is 13.4 Å². The second kappa shape index (κ2) is 4.30. The molecule has 0 unspecified atom stereocenters. The predicted molar refractivity (Wildman–Crippen MR) is 78.4 cm³/mol. The molecule has 1 heterocycles. The van der Waals surface area contributed by atoms with Gasteiger partial charge in [-0.15, -0.1) is 0 Å². The van der Waals surface area contributed by atoms with E-state index in [0.29, 0.717) is 17.0 Å². The fourth-order valence-corrected chi connectivity index (χ4v) is 3.91. The lowest BCUT2D eigenvalue weighted by Crippen LogP contribution is -2.43. The van der Waals surface area contributed by atoms with Gasteiger partial charge in [0.1, 0.15) is 11.3 Å². The Morgan fingerprint density at radius 3 is 2.60 bits per heavy atom. The topological polar surface area (TPSA) is 78.0 Å². The Morgan fingerprint density at radius 1 is 1.40 bits per heavy atom. The van der Waals surface area contributed by atoms with Crippen molar-refractivity contribution in [3.63, 3.8) is 0 Å².